The fourth-order valence-corrected chi connectivity index (χ4v) is 2.91. The van der Waals surface area contributed by atoms with Crippen LogP contribution in [0.2, 0.25) is 0 Å². The molecule has 7 heteroatoms. The molecule has 0 aromatic carbocycles. The van der Waals surface area contributed by atoms with Crippen LogP contribution in [0.5, 0.6) is 0 Å². The van der Waals surface area contributed by atoms with E-state index in [4.69, 9.17) is 4.74 Å². The van der Waals surface area contributed by atoms with Crippen molar-refractivity contribution in [1.82, 2.24) is 19.8 Å². The van der Waals surface area contributed by atoms with Gasteiger partial charge in [-0.1, -0.05) is 0 Å². The minimum absolute atomic E-state index is 0.0504. The Bertz CT molecular complexity index is 555. The second-order valence-corrected chi connectivity index (χ2v) is 6.26. The zero-order valence-electron chi connectivity index (χ0n) is 14.3. The summed E-state index contributed by atoms with van der Waals surface area (Å²) < 4.78 is 7.31. The third-order valence-electron chi connectivity index (χ3n) is 4.14. The molecule has 2 atom stereocenters. The summed E-state index contributed by atoms with van der Waals surface area (Å²) in [6.07, 6.45) is 4.97. The van der Waals surface area contributed by atoms with Gasteiger partial charge in [-0.15, -0.1) is 0 Å². The Balaban J connectivity index is 2.04. The van der Waals surface area contributed by atoms with Crippen LogP contribution in [0.4, 0.5) is 0 Å². The number of carbonyl (C=O) groups excluding carboxylic acids is 2. The summed E-state index contributed by atoms with van der Waals surface area (Å²) in [6.45, 7) is 4.29. The molecule has 0 saturated carbocycles. The number of hydrogen-bond donors (Lipinski definition) is 1. The highest BCUT2D eigenvalue weighted by Crippen LogP contribution is 2.30. The average molecular weight is 322 g/mol. The van der Waals surface area contributed by atoms with E-state index in [0.717, 1.165) is 5.69 Å². The van der Waals surface area contributed by atoms with Gasteiger partial charge in [0.2, 0.25) is 11.8 Å². The third-order valence-corrected chi connectivity index (χ3v) is 4.14. The van der Waals surface area contributed by atoms with Gasteiger partial charge >= 0.3 is 0 Å². The minimum Gasteiger partial charge on any atom is -0.378 e. The molecule has 2 rings (SSSR count). The molecule has 2 amide bonds. The van der Waals surface area contributed by atoms with Crippen LogP contribution in [0.25, 0.3) is 0 Å². The van der Waals surface area contributed by atoms with Gasteiger partial charge in [0, 0.05) is 26.9 Å². The summed E-state index contributed by atoms with van der Waals surface area (Å²) in [4.78, 5) is 30.1. The highest BCUT2D eigenvalue weighted by molar-refractivity contribution is 5.79. The van der Waals surface area contributed by atoms with Gasteiger partial charge in [-0.2, -0.15) is 0 Å². The Morgan fingerprint density at radius 2 is 2.22 bits per heavy atom. The molecule has 1 aromatic heterocycles. The number of imidazole rings is 1. The quantitative estimate of drug-likeness (QED) is 0.848. The van der Waals surface area contributed by atoms with Gasteiger partial charge < -0.3 is 19.5 Å². The molecule has 2 heterocycles. The molecule has 0 bridgehead atoms. The molecule has 0 radical (unpaired) electrons. The lowest BCUT2D eigenvalue weighted by Gasteiger charge is -2.39. The smallest absolute Gasteiger partial charge is 0.223 e. The SMILES string of the molecule is CC(C)OCCC(=O)N[C@@H]1CCC(=O)N(C)[C@H]1c1cncn1C. The first-order valence-corrected chi connectivity index (χ1v) is 8.03. The van der Waals surface area contributed by atoms with Crippen LogP contribution < -0.4 is 5.32 Å². The number of aryl methyl sites for hydroxylation is 1. The van der Waals surface area contributed by atoms with Gasteiger partial charge in [0.1, 0.15) is 0 Å². The first-order valence-electron chi connectivity index (χ1n) is 8.03. The van der Waals surface area contributed by atoms with Crippen LogP contribution >= 0.6 is 0 Å². The Hall–Kier alpha value is -1.89. The maximum absolute atomic E-state index is 12.2. The molecule has 1 fully saturated rings. The fourth-order valence-electron chi connectivity index (χ4n) is 2.91. The van der Waals surface area contributed by atoms with Crippen molar-refractivity contribution >= 4 is 11.8 Å². The summed E-state index contributed by atoms with van der Waals surface area (Å²) in [7, 11) is 3.67. The van der Waals surface area contributed by atoms with E-state index in [0.29, 0.717) is 25.9 Å². The number of rotatable bonds is 6. The van der Waals surface area contributed by atoms with E-state index < -0.39 is 0 Å². The van der Waals surface area contributed by atoms with Crippen LogP contribution in [-0.2, 0) is 21.4 Å². The molecule has 1 N–H and O–H groups in total. The number of nitrogens with one attached hydrogen (secondary N) is 1. The fraction of sp³-hybridized carbons (Fsp3) is 0.688. The van der Waals surface area contributed by atoms with E-state index in [9.17, 15) is 9.59 Å². The van der Waals surface area contributed by atoms with Crippen LogP contribution in [0.15, 0.2) is 12.5 Å². The highest BCUT2D eigenvalue weighted by Gasteiger charge is 2.36. The van der Waals surface area contributed by atoms with Gasteiger partial charge in [-0.3, -0.25) is 9.59 Å². The molecule has 1 aliphatic heterocycles. The lowest BCUT2D eigenvalue weighted by atomic mass is 9.93. The number of likely N-dealkylation sites (tertiary alicyclic amines) is 1. The maximum Gasteiger partial charge on any atom is 0.223 e. The van der Waals surface area contributed by atoms with Crippen LogP contribution in [0.3, 0.4) is 0 Å². The van der Waals surface area contributed by atoms with Gasteiger partial charge in [-0.25, -0.2) is 4.98 Å². The van der Waals surface area contributed by atoms with Crippen molar-refractivity contribution in [3.05, 3.63) is 18.2 Å². The van der Waals surface area contributed by atoms with Gasteiger partial charge in [0.15, 0.2) is 0 Å². The molecule has 0 spiro atoms. The number of carbonyl (C=O) groups is 2. The molecule has 128 valence electrons. The Labute approximate surface area is 137 Å². The minimum atomic E-state index is -0.196. The molecule has 1 saturated heterocycles. The van der Waals surface area contributed by atoms with Gasteiger partial charge in [0.25, 0.3) is 0 Å². The van der Waals surface area contributed by atoms with Crippen LogP contribution in [0, 0.1) is 0 Å². The second kappa shape index (κ2) is 7.59. The molecular formula is C16H26N4O3. The summed E-state index contributed by atoms with van der Waals surface area (Å²) in [5.41, 5.74) is 0.921. The standard InChI is InChI=1S/C16H26N4O3/c1-11(2)23-8-7-14(21)18-12-5-6-15(22)20(4)16(12)13-9-17-10-19(13)3/h9-12,16H,5-8H2,1-4H3,(H,18,21)/t12-,16-/m1/s1. The number of aromatic nitrogens is 2. The number of ether oxygens (including phenoxy) is 1. The monoisotopic (exact) mass is 322 g/mol. The van der Waals surface area contributed by atoms with Gasteiger partial charge in [-0.05, 0) is 20.3 Å². The Morgan fingerprint density at radius 3 is 2.83 bits per heavy atom. The van der Waals surface area contributed by atoms with Gasteiger partial charge in [0.05, 0.1) is 43.0 Å². The number of hydrogen-bond acceptors (Lipinski definition) is 4. The Kier molecular flexibility index (Phi) is 5.76. The number of amides is 2. The first kappa shape index (κ1) is 17.5. The van der Waals surface area contributed by atoms with E-state index in [1.165, 1.54) is 0 Å². The lowest BCUT2D eigenvalue weighted by molar-refractivity contribution is -0.138. The van der Waals surface area contributed by atoms with Crippen LogP contribution in [0.1, 0.15) is 44.8 Å². The summed E-state index contributed by atoms with van der Waals surface area (Å²) in [5, 5.41) is 3.06. The molecule has 0 aliphatic carbocycles. The number of likely N-dealkylation sites (N-methyl/N-ethyl adjacent to an activating group) is 1. The normalized spacial score (nSPS) is 21.8. The van der Waals surface area contributed by atoms with Crippen molar-refractivity contribution in [1.29, 1.82) is 0 Å². The average Bonchev–Trinajstić information content (AvgIpc) is 2.89. The van der Waals surface area contributed by atoms with E-state index in [-0.39, 0.29) is 30.0 Å². The zero-order valence-corrected chi connectivity index (χ0v) is 14.3. The largest absolute Gasteiger partial charge is 0.378 e. The maximum atomic E-state index is 12.2. The predicted octanol–water partition coefficient (Wildman–Crippen LogP) is 1.01. The van der Waals surface area contributed by atoms with Crippen molar-refractivity contribution in [3.8, 4) is 0 Å². The third kappa shape index (κ3) is 4.31. The first-order chi connectivity index (χ1) is 10.9. The van der Waals surface area contributed by atoms with E-state index in [2.05, 4.69) is 10.3 Å². The van der Waals surface area contributed by atoms with Crippen molar-refractivity contribution in [2.75, 3.05) is 13.7 Å². The van der Waals surface area contributed by atoms with Crippen LogP contribution in [-0.4, -0.2) is 52.1 Å². The topological polar surface area (TPSA) is 76.5 Å². The summed E-state index contributed by atoms with van der Waals surface area (Å²) in [5.74, 6) is 0.0374. The van der Waals surface area contributed by atoms with Crippen molar-refractivity contribution < 1.29 is 14.3 Å². The summed E-state index contributed by atoms with van der Waals surface area (Å²) >= 11 is 0. The van der Waals surface area contributed by atoms with Crippen molar-refractivity contribution in [3.63, 3.8) is 0 Å². The molecule has 1 aromatic rings. The zero-order chi connectivity index (χ0) is 17.0. The van der Waals surface area contributed by atoms with E-state index in [1.54, 1.807) is 24.5 Å². The molecule has 0 unspecified atom stereocenters. The lowest BCUT2D eigenvalue weighted by Crippen LogP contribution is -2.51. The molecule has 7 nitrogen and oxygen atoms in total. The van der Waals surface area contributed by atoms with Crippen molar-refractivity contribution in [2.24, 2.45) is 7.05 Å². The molecular weight excluding hydrogens is 296 g/mol. The molecule has 1 aliphatic rings. The Morgan fingerprint density at radius 1 is 1.48 bits per heavy atom. The number of nitrogens with zero attached hydrogens (tertiary/aromatic N) is 3. The summed E-state index contributed by atoms with van der Waals surface area (Å²) in [6, 6.07) is -0.307. The number of piperidine rings is 1. The predicted molar refractivity (Wildman–Crippen MR) is 85.6 cm³/mol. The molecule has 23 heavy (non-hydrogen) atoms. The highest BCUT2D eigenvalue weighted by atomic mass is 16.5. The second-order valence-electron chi connectivity index (χ2n) is 6.26. The van der Waals surface area contributed by atoms with Crippen molar-refractivity contribution in [2.45, 2.75) is 51.3 Å². The van der Waals surface area contributed by atoms with E-state index in [1.807, 2.05) is 25.5 Å². The van der Waals surface area contributed by atoms with E-state index >= 15 is 0 Å².